The van der Waals surface area contributed by atoms with Crippen molar-refractivity contribution in [2.24, 2.45) is 0 Å². The molecule has 0 aliphatic carbocycles. The fraction of sp³-hybridized carbons (Fsp3) is 0.286. The Balaban J connectivity index is 1.80. The maximum absolute atomic E-state index is 8.54. The van der Waals surface area contributed by atoms with Gasteiger partial charge >= 0.3 is 0 Å². The average molecular weight is 256 g/mol. The van der Waals surface area contributed by atoms with Gasteiger partial charge in [-0.3, -0.25) is 4.68 Å². The van der Waals surface area contributed by atoms with Gasteiger partial charge in [0.25, 0.3) is 0 Å². The first-order valence-electron chi connectivity index (χ1n) is 6.16. The van der Waals surface area contributed by atoms with Gasteiger partial charge in [-0.25, -0.2) is 0 Å². The van der Waals surface area contributed by atoms with E-state index < -0.39 is 0 Å². The lowest BCUT2D eigenvalue weighted by Crippen LogP contribution is -2.20. The molecule has 0 saturated heterocycles. The van der Waals surface area contributed by atoms with Crippen LogP contribution >= 0.6 is 0 Å². The van der Waals surface area contributed by atoms with E-state index in [2.05, 4.69) is 10.4 Å². The quantitative estimate of drug-likeness (QED) is 0.764. The van der Waals surface area contributed by atoms with Crippen LogP contribution in [-0.2, 0) is 13.1 Å². The lowest BCUT2D eigenvalue weighted by molar-refractivity contribution is 0.362. The van der Waals surface area contributed by atoms with Gasteiger partial charge in [0.2, 0.25) is 0 Å². The highest BCUT2D eigenvalue weighted by molar-refractivity contribution is 5.33. The topological polar surface area (TPSA) is 62.9 Å². The highest BCUT2D eigenvalue weighted by atomic mass is 16.5. The number of ether oxygens (including phenoxy) is 1. The molecule has 2 aromatic rings. The second kappa shape index (κ2) is 7.19. The van der Waals surface area contributed by atoms with Crippen molar-refractivity contribution in [3.05, 3.63) is 48.3 Å². The Kier molecular flexibility index (Phi) is 4.96. The van der Waals surface area contributed by atoms with Crippen molar-refractivity contribution in [1.29, 1.82) is 5.26 Å². The number of nitrogens with one attached hydrogen (secondary N) is 1. The van der Waals surface area contributed by atoms with Gasteiger partial charge in [0.15, 0.2) is 6.61 Å². The first-order valence-corrected chi connectivity index (χ1v) is 6.16. The third kappa shape index (κ3) is 4.12. The summed E-state index contributed by atoms with van der Waals surface area (Å²) in [5, 5.41) is 16.0. The number of hydrogen-bond acceptors (Lipinski definition) is 4. The Bertz CT molecular complexity index is 531. The maximum Gasteiger partial charge on any atom is 0.174 e. The molecule has 19 heavy (non-hydrogen) atoms. The standard InChI is InChI=1S/C14H16N4O/c15-6-11-19-14-5-2-1-4-13(14)12-16-8-10-18-9-3-7-17-18/h1-5,7,9,16H,8,10-12H2. The lowest BCUT2D eigenvalue weighted by atomic mass is 10.2. The van der Waals surface area contributed by atoms with Crippen LogP contribution in [0.2, 0.25) is 0 Å². The van der Waals surface area contributed by atoms with Crippen molar-refractivity contribution in [2.45, 2.75) is 13.1 Å². The van der Waals surface area contributed by atoms with E-state index in [0.29, 0.717) is 6.54 Å². The van der Waals surface area contributed by atoms with Gasteiger partial charge in [-0.1, -0.05) is 18.2 Å². The van der Waals surface area contributed by atoms with E-state index in [1.807, 2.05) is 47.3 Å². The highest BCUT2D eigenvalue weighted by Crippen LogP contribution is 2.17. The molecular weight excluding hydrogens is 240 g/mol. The Morgan fingerprint density at radius 2 is 2.21 bits per heavy atom. The fourth-order valence-electron chi connectivity index (χ4n) is 1.75. The van der Waals surface area contributed by atoms with Crippen LogP contribution < -0.4 is 10.1 Å². The molecule has 0 aliphatic heterocycles. The number of nitrogens with zero attached hydrogens (tertiary/aromatic N) is 3. The van der Waals surface area contributed by atoms with Gasteiger partial charge in [-0.05, 0) is 12.1 Å². The molecule has 2 rings (SSSR count). The first kappa shape index (κ1) is 13.1. The molecule has 5 nitrogen and oxygen atoms in total. The molecule has 0 fully saturated rings. The highest BCUT2D eigenvalue weighted by Gasteiger charge is 2.02. The third-order valence-electron chi connectivity index (χ3n) is 2.66. The van der Waals surface area contributed by atoms with Crippen LogP contribution in [-0.4, -0.2) is 22.9 Å². The summed E-state index contributed by atoms with van der Waals surface area (Å²) in [7, 11) is 0. The summed E-state index contributed by atoms with van der Waals surface area (Å²) >= 11 is 0. The molecule has 0 saturated carbocycles. The number of para-hydroxylation sites is 1. The molecule has 0 unspecified atom stereocenters. The van der Waals surface area contributed by atoms with Gasteiger partial charge < -0.3 is 10.1 Å². The summed E-state index contributed by atoms with van der Waals surface area (Å²) < 4.78 is 7.25. The van der Waals surface area contributed by atoms with E-state index in [0.717, 1.165) is 24.4 Å². The van der Waals surface area contributed by atoms with Crippen LogP contribution in [0.25, 0.3) is 0 Å². The summed E-state index contributed by atoms with van der Waals surface area (Å²) in [6, 6.07) is 11.6. The molecule has 98 valence electrons. The lowest BCUT2D eigenvalue weighted by Gasteiger charge is -2.10. The van der Waals surface area contributed by atoms with Crippen molar-refractivity contribution >= 4 is 0 Å². The third-order valence-corrected chi connectivity index (χ3v) is 2.66. The summed E-state index contributed by atoms with van der Waals surface area (Å²) in [6.07, 6.45) is 3.71. The second-order valence-electron chi connectivity index (χ2n) is 4.00. The van der Waals surface area contributed by atoms with E-state index in [9.17, 15) is 0 Å². The van der Waals surface area contributed by atoms with Crippen LogP contribution in [0.15, 0.2) is 42.7 Å². The maximum atomic E-state index is 8.54. The predicted molar refractivity (Wildman–Crippen MR) is 71.5 cm³/mol. The fourth-order valence-corrected chi connectivity index (χ4v) is 1.75. The molecule has 1 aromatic carbocycles. The number of aromatic nitrogens is 2. The van der Waals surface area contributed by atoms with Crippen LogP contribution in [0, 0.1) is 11.3 Å². The predicted octanol–water partition coefficient (Wildman–Crippen LogP) is 1.58. The molecule has 1 aromatic heterocycles. The smallest absolute Gasteiger partial charge is 0.174 e. The number of rotatable bonds is 7. The van der Waals surface area contributed by atoms with Crippen molar-refractivity contribution in [3.63, 3.8) is 0 Å². The number of benzene rings is 1. The minimum absolute atomic E-state index is 0.0737. The van der Waals surface area contributed by atoms with Crippen molar-refractivity contribution in [1.82, 2.24) is 15.1 Å². The summed E-state index contributed by atoms with van der Waals surface area (Å²) in [5.74, 6) is 0.760. The molecule has 0 radical (unpaired) electrons. The van der Waals surface area contributed by atoms with Gasteiger partial charge in [-0.15, -0.1) is 0 Å². The molecule has 0 aliphatic rings. The Morgan fingerprint density at radius 3 is 3.00 bits per heavy atom. The molecule has 0 amide bonds. The zero-order chi connectivity index (χ0) is 13.3. The van der Waals surface area contributed by atoms with Gasteiger partial charge in [-0.2, -0.15) is 10.4 Å². The molecule has 0 spiro atoms. The average Bonchev–Trinajstić information content (AvgIpc) is 2.95. The van der Waals surface area contributed by atoms with Crippen molar-refractivity contribution in [2.75, 3.05) is 13.2 Å². The Hall–Kier alpha value is -2.32. The summed E-state index contributed by atoms with van der Waals surface area (Å²) in [5.41, 5.74) is 1.05. The van der Waals surface area contributed by atoms with E-state index in [-0.39, 0.29) is 6.61 Å². The van der Waals surface area contributed by atoms with Crippen LogP contribution in [0.3, 0.4) is 0 Å². The zero-order valence-corrected chi connectivity index (χ0v) is 10.6. The van der Waals surface area contributed by atoms with Crippen LogP contribution in [0.5, 0.6) is 5.75 Å². The van der Waals surface area contributed by atoms with E-state index >= 15 is 0 Å². The molecule has 1 N–H and O–H groups in total. The van der Waals surface area contributed by atoms with Crippen molar-refractivity contribution < 1.29 is 4.74 Å². The first-order chi connectivity index (χ1) is 9.40. The van der Waals surface area contributed by atoms with Crippen LogP contribution in [0.4, 0.5) is 0 Å². The second-order valence-corrected chi connectivity index (χ2v) is 4.00. The van der Waals surface area contributed by atoms with E-state index in [1.54, 1.807) is 6.20 Å². The van der Waals surface area contributed by atoms with E-state index in [4.69, 9.17) is 10.00 Å². The largest absolute Gasteiger partial charge is 0.478 e. The molecule has 0 atom stereocenters. The van der Waals surface area contributed by atoms with Crippen LogP contribution in [0.1, 0.15) is 5.56 Å². The minimum atomic E-state index is 0.0737. The molecule has 0 bridgehead atoms. The zero-order valence-electron chi connectivity index (χ0n) is 10.6. The van der Waals surface area contributed by atoms with Gasteiger partial charge in [0.05, 0.1) is 6.54 Å². The molecule has 1 heterocycles. The number of nitriles is 1. The number of hydrogen-bond donors (Lipinski definition) is 1. The minimum Gasteiger partial charge on any atom is -0.478 e. The SMILES string of the molecule is N#CCOc1ccccc1CNCCn1cccn1. The van der Waals surface area contributed by atoms with Gasteiger partial charge in [0, 0.05) is 31.0 Å². The Morgan fingerprint density at radius 1 is 1.32 bits per heavy atom. The van der Waals surface area contributed by atoms with E-state index in [1.165, 1.54) is 0 Å². The normalized spacial score (nSPS) is 10.1. The van der Waals surface area contributed by atoms with Gasteiger partial charge in [0.1, 0.15) is 11.8 Å². The molecular formula is C14H16N4O. The van der Waals surface area contributed by atoms with Crippen molar-refractivity contribution in [3.8, 4) is 11.8 Å². The summed E-state index contributed by atoms with van der Waals surface area (Å²) in [4.78, 5) is 0. The monoisotopic (exact) mass is 256 g/mol. The summed E-state index contributed by atoms with van der Waals surface area (Å²) in [6.45, 7) is 2.44. The molecule has 5 heteroatoms. The Labute approximate surface area is 112 Å².